The summed E-state index contributed by atoms with van der Waals surface area (Å²) in [5, 5.41) is 9.04. The second-order valence-corrected chi connectivity index (χ2v) is 6.08. The van der Waals surface area contributed by atoms with Crippen LogP contribution in [0.4, 0.5) is 0 Å². The standard InChI is InChI=1S/C14H16N2O5S/c1-7(2)21-14(20)11-8(3)10-12(22-11)15-6-16(13(10)19)5-4-9(17)18/h6-7H,4-5H2,1-3H3,(H,17,18). The average Bonchev–Trinajstić information content (AvgIpc) is 2.75. The van der Waals surface area contributed by atoms with Crippen LogP contribution < -0.4 is 5.56 Å². The van der Waals surface area contributed by atoms with E-state index in [0.717, 1.165) is 11.3 Å². The first-order valence-corrected chi connectivity index (χ1v) is 7.54. The van der Waals surface area contributed by atoms with Crippen molar-refractivity contribution in [2.45, 2.75) is 39.8 Å². The van der Waals surface area contributed by atoms with Crippen molar-refractivity contribution in [3.05, 3.63) is 27.1 Å². The Kier molecular flexibility index (Phi) is 4.60. The van der Waals surface area contributed by atoms with Gasteiger partial charge in [-0.2, -0.15) is 0 Å². The minimum absolute atomic E-state index is 0.0398. The number of ether oxygens (including phenoxy) is 1. The highest BCUT2D eigenvalue weighted by Gasteiger charge is 2.21. The van der Waals surface area contributed by atoms with Crippen LogP contribution in [0.5, 0.6) is 0 Å². The molecule has 0 saturated heterocycles. The molecule has 0 radical (unpaired) electrons. The second kappa shape index (κ2) is 6.27. The maximum atomic E-state index is 12.4. The van der Waals surface area contributed by atoms with E-state index in [1.54, 1.807) is 20.8 Å². The van der Waals surface area contributed by atoms with Gasteiger partial charge < -0.3 is 9.84 Å². The van der Waals surface area contributed by atoms with Crippen molar-refractivity contribution < 1.29 is 19.4 Å². The minimum atomic E-state index is -0.991. The molecule has 0 aliphatic carbocycles. The van der Waals surface area contributed by atoms with Gasteiger partial charge in [0.1, 0.15) is 9.71 Å². The number of aliphatic carboxylic acids is 1. The zero-order valence-electron chi connectivity index (χ0n) is 12.5. The van der Waals surface area contributed by atoms with Crippen molar-refractivity contribution in [3.8, 4) is 0 Å². The van der Waals surface area contributed by atoms with Gasteiger partial charge in [-0.1, -0.05) is 0 Å². The van der Waals surface area contributed by atoms with Crippen LogP contribution in [0.1, 0.15) is 35.5 Å². The first-order valence-electron chi connectivity index (χ1n) is 6.72. The lowest BCUT2D eigenvalue weighted by Crippen LogP contribution is -2.22. The van der Waals surface area contributed by atoms with Crippen LogP contribution in [0.15, 0.2) is 11.1 Å². The van der Waals surface area contributed by atoms with Gasteiger partial charge in [-0.25, -0.2) is 9.78 Å². The highest BCUT2D eigenvalue weighted by molar-refractivity contribution is 7.20. The molecule has 0 aliphatic heterocycles. The van der Waals surface area contributed by atoms with E-state index in [1.165, 1.54) is 10.9 Å². The van der Waals surface area contributed by atoms with Crippen molar-refractivity contribution in [1.29, 1.82) is 0 Å². The molecule has 7 nitrogen and oxygen atoms in total. The highest BCUT2D eigenvalue weighted by Crippen LogP contribution is 2.27. The number of rotatable bonds is 5. The molecule has 0 amide bonds. The highest BCUT2D eigenvalue weighted by atomic mass is 32.1. The molecule has 1 N–H and O–H groups in total. The Morgan fingerprint density at radius 3 is 2.73 bits per heavy atom. The molecule has 22 heavy (non-hydrogen) atoms. The van der Waals surface area contributed by atoms with Gasteiger partial charge in [0.25, 0.3) is 5.56 Å². The number of hydrogen-bond acceptors (Lipinski definition) is 6. The summed E-state index contributed by atoms with van der Waals surface area (Å²) >= 11 is 1.11. The molecule has 0 atom stereocenters. The van der Waals surface area contributed by atoms with Gasteiger partial charge in [0.05, 0.1) is 24.2 Å². The minimum Gasteiger partial charge on any atom is -0.481 e. The molecule has 118 valence electrons. The van der Waals surface area contributed by atoms with Crippen LogP contribution in [0.25, 0.3) is 10.2 Å². The van der Waals surface area contributed by atoms with Gasteiger partial charge >= 0.3 is 11.9 Å². The van der Waals surface area contributed by atoms with Gasteiger partial charge in [0, 0.05) is 6.54 Å². The van der Waals surface area contributed by atoms with Crippen LogP contribution in [-0.2, 0) is 16.1 Å². The fourth-order valence-electron chi connectivity index (χ4n) is 2.00. The molecule has 8 heteroatoms. The first-order chi connectivity index (χ1) is 10.3. The monoisotopic (exact) mass is 324 g/mol. The molecule has 2 aromatic heterocycles. The van der Waals surface area contributed by atoms with Crippen molar-refractivity contribution in [2.24, 2.45) is 0 Å². The summed E-state index contributed by atoms with van der Waals surface area (Å²) in [6.45, 7) is 5.20. The van der Waals surface area contributed by atoms with Crippen LogP contribution in [0.3, 0.4) is 0 Å². The lowest BCUT2D eigenvalue weighted by atomic mass is 10.2. The predicted octanol–water partition coefficient (Wildman–Crippen LogP) is 1.81. The number of hydrogen-bond donors (Lipinski definition) is 1. The number of esters is 1. The fourth-order valence-corrected chi connectivity index (χ4v) is 3.02. The van der Waals surface area contributed by atoms with E-state index in [4.69, 9.17) is 9.84 Å². The molecule has 2 aromatic rings. The number of aryl methyl sites for hydroxylation is 2. The van der Waals surface area contributed by atoms with Crippen LogP contribution in [-0.4, -0.2) is 32.7 Å². The van der Waals surface area contributed by atoms with Crippen molar-refractivity contribution in [1.82, 2.24) is 9.55 Å². The summed E-state index contributed by atoms with van der Waals surface area (Å²) < 4.78 is 6.40. The van der Waals surface area contributed by atoms with Gasteiger partial charge in [-0.15, -0.1) is 11.3 Å². The van der Waals surface area contributed by atoms with E-state index >= 15 is 0 Å². The smallest absolute Gasteiger partial charge is 0.348 e. The number of nitrogens with zero attached hydrogens (tertiary/aromatic N) is 2. The molecule has 0 aliphatic rings. The lowest BCUT2D eigenvalue weighted by molar-refractivity contribution is -0.137. The SMILES string of the molecule is Cc1c(C(=O)OC(C)C)sc2ncn(CCC(=O)O)c(=O)c12. The number of carboxylic acid groups (broad SMARTS) is 1. The number of carbonyl (C=O) groups excluding carboxylic acids is 1. The number of thiophene rings is 1. The number of fused-ring (bicyclic) bond motifs is 1. The summed E-state index contributed by atoms with van der Waals surface area (Å²) in [7, 11) is 0. The Hall–Kier alpha value is -2.22. The van der Waals surface area contributed by atoms with E-state index < -0.39 is 11.9 Å². The Labute approximate surface area is 130 Å². The van der Waals surface area contributed by atoms with Crippen molar-refractivity contribution in [3.63, 3.8) is 0 Å². The molecule has 0 saturated carbocycles. The zero-order chi connectivity index (χ0) is 16.4. The Morgan fingerprint density at radius 2 is 2.14 bits per heavy atom. The number of carbonyl (C=O) groups is 2. The van der Waals surface area contributed by atoms with Gasteiger partial charge in [0.15, 0.2) is 0 Å². The van der Waals surface area contributed by atoms with Crippen LogP contribution >= 0.6 is 11.3 Å². The average molecular weight is 324 g/mol. The first kappa shape index (κ1) is 16.2. The molecule has 0 aromatic carbocycles. The molecule has 2 rings (SSSR count). The Bertz CT molecular complexity index is 790. The third-order valence-electron chi connectivity index (χ3n) is 3.01. The molecule has 0 fully saturated rings. The summed E-state index contributed by atoms with van der Waals surface area (Å²) in [5.41, 5.74) is 0.177. The summed E-state index contributed by atoms with van der Waals surface area (Å²) in [6.07, 6.45) is 0.886. The quantitative estimate of drug-likeness (QED) is 0.842. The maximum absolute atomic E-state index is 12.4. The maximum Gasteiger partial charge on any atom is 0.348 e. The van der Waals surface area contributed by atoms with Gasteiger partial charge in [-0.05, 0) is 26.3 Å². The molecule has 0 spiro atoms. The van der Waals surface area contributed by atoms with E-state index in [1.807, 2.05) is 0 Å². The van der Waals surface area contributed by atoms with Gasteiger partial charge in [-0.3, -0.25) is 14.2 Å². The van der Waals surface area contributed by atoms with E-state index in [2.05, 4.69) is 4.98 Å². The van der Waals surface area contributed by atoms with Crippen molar-refractivity contribution >= 4 is 33.5 Å². The fraction of sp³-hybridized carbons (Fsp3) is 0.429. The predicted molar refractivity (Wildman–Crippen MR) is 81.4 cm³/mol. The topological polar surface area (TPSA) is 98.5 Å². The second-order valence-electron chi connectivity index (χ2n) is 5.08. The molecule has 0 bridgehead atoms. The molecule has 2 heterocycles. The van der Waals surface area contributed by atoms with E-state index in [0.29, 0.717) is 20.7 Å². The largest absolute Gasteiger partial charge is 0.481 e. The molecular weight excluding hydrogens is 308 g/mol. The summed E-state index contributed by atoms with van der Waals surface area (Å²) in [4.78, 5) is 40.0. The van der Waals surface area contributed by atoms with Crippen molar-refractivity contribution in [2.75, 3.05) is 0 Å². The summed E-state index contributed by atoms with van der Waals surface area (Å²) in [5.74, 6) is -1.47. The Morgan fingerprint density at radius 1 is 1.45 bits per heavy atom. The Balaban J connectivity index is 2.47. The van der Waals surface area contributed by atoms with E-state index in [-0.39, 0.29) is 24.6 Å². The number of aromatic nitrogens is 2. The van der Waals surface area contributed by atoms with E-state index in [9.17, 15) is 14.4 Å². The third-order valence-corrected chi connectivity index (χ3v) is 4.19. The van der Waals surface area contributed by atoms with Crippen LogP contribution in [0, 0.1) is 6.92 Å². The lowest BCUT2D eigenvalue weighted by Gasteiger charge is -2.06. The zero-order valence-corrected chi connectivity index (χ0v) is 13.3. The normalized spacial score (nSPS) is 11.1. The summed E-state index contributed by atoms with van der Waals surface area (Å²) in [6, 6.07) is 0. The molecular formula is C14H16N2O5S. The van der Waals surface area contributed by atoms with Crippen LogP contribution in [0.2, 0.25) is 0 Å². The van der Waals surface area contributed by atoms with Gasteiger partial charge in [0.2, 0.25) is 0 Å². The molecule has 0 unspecified atom stereocenters. The number of carboxylic acids is 1. The third kappa shape index (κ3) is 3.16.